The summed E-state index contributed by atoms with van der Waals surface area (Å²) < 4.78 is 40.1. The summed E-state index contributed by atoms with van der Waals surface area (Å²) in [4.78, 5) is 34.7. The number of fused-ring (bicyclic) bond motifs is 1. The average molecular weight is 469 g/mol. The van der Waals surface area contributed by atoms with Crippen molar-refractivity contribution in [2.75, 3.05) is 31.1 Å². The second kappa shape index (κ2) is 8.26. The van der Waals surface area contributed by atoms with Crippen LogP contribution in [0.3, 0.4) is 0 Å². The Morgan fingerprint density at radius 2 is 1.91 bits per heavy atom. The van der Waals surface area contributed by atoms with Gasteiger partial charge in [-0.25, -0.2) is 9.97 Å². The number of aromatic nitrogens is 3. The number of carbonyl (C=O) groups excluding carboxylic acids is 1. The predicted molar refractivity (Wildman–Crippen MR) is 109 cm³/mol. The molecule has 4 heterocycles. The quantitative estimate of drug-likeness (QED) is 0.431. The van der Waals surface area contributed by atoms with Gasteiger partial charge in [0.15, 0.2) is 5.65 Å². The minimum atomic E-state index is -4.55. The number of alkyl halides is 3. The van der Waals surface area contributed by atoms with E-state index in [9.17, 15) is 28.1 Å². The molecule has 0 bridgehead atoms. The van der Waals surface area contributed by atoms with Crippen LogP contribution in [-0.2, 0) is 17.4 Å². The van der Waals surface area contributed by atoms with Gasteiger partial charge in [0, 0.05) is 44.6 Å². The van der Waals surface area contributed by atoms with E-state index in [1.807, 2.05) is 4.90 Å². The number of imidazole rings is 1. The van der Waals surface area contributed by atoms with Gasteiger partial charge in [0.05, 0.1) is 27.6 Å². The van der Waals surface area contributed by atoms with E-state index in [1.54, 1.807) is 11.0 Å². The summed E-state index contributed by atoms with van der Waals surface area (Å²) in [7, 11) is 0. The number of hydrogen-bond acceptors (Lipinski definition) is 6. The van der Waals surface area contributed by atoms with Crippen LogP contribution in [0.4, 0.5) is 24.7 Å². The molecule has 1 fully saturated rings. The summed E-state index contributed by atoms with van der Waals surface area (Å²) in [5, 5.41) is 10.6. The van der Waals surface area contributed by atoms with Crippen molar-refractivity contribution in [3.63, 3.8) is 0 Å². The lowest BCUT2D eigenvalue weighted by Gasteiger charge is -2.35. The minimum absolute atomic E-state index is 0.0743. The summed E-state index contributed by atoms with van der Waals surface area (Å²) in [5.41, 5.74) is -0.536. The SMILES string of the molecule is O=C(Cc1cn2cc(C(F)(F)F)cc(Cl)c2n1)N1CCN(c2ccc([N+](=O)[O-])cn2)CC1. The lowest BCUT2D eigenvalue weighted by Crippen LogP contribution is -2.49. The molecule has 1 saturated heterocycles. The monoisotopic (exact) mass is 468 g/mol. The molecule has 0 saturated carbocycles. The zero-order valence-corrected chi connectivity index (χ0v) is 17.2. The first-order valence-electron chi connectivity index (χ1n) is 9.49. The zero-order valence-electron chi connectivity index (χ0n) is 16.4. The molecule has 13 heteroatoms. The summed E-state index contributed by atoms with van der Waals surface area (Å²) in [6.07, 6.45) is -1.18. The maximum atomic E-state index is 13.0. The molecule has 0 aromatic carbocycles. The summed E-state index contributed by atoms with van der Waals surface area (Å²) in [6.45, 7) is 1.79. The van der Waals surface area contributed by atoms with Gasteiger partial charge in [-0.2, -0.15) is 13.2 Å². The van der Waals surface area contributed by atoms with Crippen molar-refractivity contribution in [1.29, 1.82) is 0 Å². The number of amides is 1. The third-order valence-electron chi connectivity index (χ3n) is 5.12. The molecule has 1 amide bonds. The topological polar surface area (TPSA) is 96.9 Å². The molecule has 9 nitrogen and oxygen atoms in total. The molecule has 168 valence electrons. The number of anilines is 1. The van der Waals surface area contributed by atoms with Gasteiger partial charge in [0.1, 0.15) is 12.0 Å². The molecule has 1 aliphatic rings. The normalized spacial score (nSPS) is 14.8. The van der Waals surface area contributed by atoms with E-state index < -0.39 is 16.7 Å². The Kier molecular flexibility index (Phi) is 5.63. The number of nitrogens with zero attached hydrogens (tertiary/aromatic N) is 6. The van der Waals surface area contributed by atoms with Crippen molar-refractivity contribution in [2.24, 2.45) is 0 Å². The van der Waals surface area contributed by atoms with Crippen LogP contribution < -0.4 is 4.90 Å². The summed E-state index contributed by atoms with van der Waals surface area (Å²) in [6, 6.07) is 3.74. The lowest BCUT2D eigenvalue weighted by molar-refractivity contribution is -0.385. The van der Waals surface area contributed by atoms with Gasteiger partial charge in [-0.05, 0) is 12.1 Å². The number of hydrogen-bond donors (Lipinski definition) is 0. The minimum Gasteiger partial charge on any atom is -0.353 e. The van der Waals surface area contributed by atoms with Crippen LogP contribution in [0.25, 0.3) is 5.65 Å². The molecule has 0 unspecified atom stereocenters. The van der Waals surface area contributed by atoms with Crippen LogP contribution >= 0.6 is 11.6 Å². The highest BCUT2D eigenvalue weighted by atomic mass is 35.5. The van der Waals surface area contributed by atoms with Crippen molar-refractivity contribution in [3.8, 4) is 0 Å². The van der Waals surface area contributed by atoms with Crippen LogP contribution in [0, 0.1) is 10.1 Å². The Bertz CT molecular complexity index is 1170. The van der Waals surface area contributed by atoms with E-state index in [1.165, 1.54) is 22.9 Å². The second-order valence-electron chi connectivity index (χ2n) is 7.21. The van der Waals surface area contributed by atoms with E-state index in [2.05, 4.69) is 9.97 Å². The Labute approximate surface area is 184 Å². The molecule has 3 aromatic rings. The van der Waals surface area contributed by atoms with Crippen molar-refractivity contribution in [1.82, 2.24) is 19.3 Å². The highest BCUT2D eigenvalue weighted by Crippen LogP contribution is 2.32. The van der Waals surface area contributed by atoms with Crippen LogP contribution in [0.5, 0.6) is 0 Å². The van der Waals surface area contributed by atoms with E-state index in [0.717, 1.165) is 12.3 Å². The second-order valence-corrected chi connectivity index (χ2v) is 7.62. The first kappa shape index (κ1) is 21.8. The zero-order chi connectivity index (χ0) is 23.0. The van der Waals surface area contributed by atoms with Crippen molar-refractivity contribution in [2.45, 2.75) is 12.6 Å². The van der Waals surface area contributed by atoms with Gasteiger partial charge in [0.25, 0.3) is 5.69 Å². The first-order chi connectivity index (χ1) is 15.1. The van der Waals surface area contributed by atoms with Gasteiger partial charge in [-0.3, -0.25) is 14.9 Å². The Hall–Kier alpha value is -3.41. The van der Waals surface area contributed by atoms with Gasteiger partial charge in [0.2, 0.25) is 5.91 Å². The molecular formula is C19H16ClF3N6O3. The third-order valence-corrected chi connectivity index (χ3v) is 5.39. The number of pyridine rings is 2. The van der Waals surface area contributed by atoms with Gasteiger partial charge < -0.3 is 14.2 Å². The van der Waals surface area contributed by atoms with Gasteiger partial charge >= 0.3 is 6.18 Å². The van der Waals surface area contributed by atoms with Crippen LogP contribution in [0.2, 0.25) is 5.02 Å². The maximum Gasteiger partial charge on any atom is 0.417 e. The highest BCUT2D eigenvalue weighted by Gasteiger charge is 2.32. The molecule has 0 N–H and O–H groups in total. The van der Waals surface area contributed by atoms with E-state index in [-0.39, 0.29) is 28.7 Å². The molecule has 0 radical (unpaired) electrons. The van der Waals surface area contributed by atoms with Crippen molar-refractivity contribution in [3.05, 3.63) is 63.2 Å². The third kappa shape index (κ3) is 4.44. The average Bonchev–Trinajstić information content (AvgIpc) is 3.16. The van der Waals surface area contributed by atoms with Crippen LogP contribution in [-0.4, -0.2) is 56.3 Å². The fourth-order valence-corrected chi connectivity index (χ4v) is 3.73. The van der Waals surface area contributed by atoms with Crippen LogP contribution in [0.1, 0.15) is 11.3 Å². The smallest absolute Gasteiger partial charge is 0.353 e. The lowest BCUT2D eigenvalue weighted by atomic mass is 10.2. The molecule has 0 spiro atoms. The summed E-state index contributed by atoms with van der Waals surface area (Å²) >= 11 is 5.94. The standard InChI is InChI=1S/C19H16ClF3N6O3/c20-15-7-12(19(21,22)23)10-28-11-13(25-18(15)28)8-17(30)27-5-3-26(4-6-27)16-2-1-14(9-24-16)29(31)32/h1-2,7,9-11H,3-6,8H2. The fourth-order valence-electron chi connectivity index (χ4n) is 3.47. The summed E-state index contributed by atoms with van der Waals surface area (Å²) in [5.74, 6) is 0.370. The molecule has 32 heavy (non-hydrogen) atoms. The van der Waals surface area contributed by atoms with Crippen molar-refractivity contribution >= 4 is 34.7 Å². The molecule has 3 aromatic heterocycles. The first-order valence-corrected chi connectivity index (χ1v) is 9.87. The van der Waals surface area contributed by atoms with Gasteiger partial charge in [-0.1, -0.05) is 11.6 Å². The highest BCUT2D eigenvalue weighted by molar-refractivity contribution is 6.33. The number of halogens is 4. The van der Waals surface area contributed by atoms with Gasteiger partial charge in [-0.15, -0.1) is 0 Å². The molecule has 4 rings (SSSR count). The maximum absolute atomic E-state index is 13.0. The fraction of sp³-hybridized carbons (Fsp3) is 0.316. The number of carbonyl (C=O) groups is 1. The van der Waals surface area contributed by atoms with E-state index in [4.69, 9.17) is 11.6 Å². The number of nitro groups is 1. The molecule has 0 atom stereocenters. The van der Waals surface area contributed by atoms with Crippen molar-refractivity contribution < 1.29 is 22.9 Å². The Morgan fingerprint density at radius 3 is 2.50 bits per heavy atom. The van der Waals surface area contributed by atoms with E-state index >= 15 is 0 Å². The number of rotatable bonds is 4. The largest absolute Gasteiger partial charge is 0.417 e. The Balaban J connectivity index is 1.40. The Morgan fingerprint density at radius 1 is 1.19 bits per heavy atom. The molecule has 1 aliphatic heterocycles. The van der Waals surface area contributed by atoms with E-state index in [0.29, 0.717) is 37.7 Å². The molecule has 0 aliphatic carbocycles. The number of piperazine rings is 1. The molecular weight excluding hydrogens is 453 g/mol. The predicted octanol–water partition coefficient (Wildman–Crippen LogP) is 3.20. The van der Waals surface area contributed by atoms with Crippen LogP contribution in [0.15, 0.2) is 36.8 Å².